The second kappa shape index (κ2) is 11.4. The molecule has 6 rings (SSSR count). The van der Waals surface area contributed by atoms with Gasteiger partial charge in [0.25, 0.3) is 0 Å². The summed E-state index contributed by atoms with van der Waals surface area (Å²) in [5.41, 5.74) is 5.64. The minimum Gasteiger partial charge on any atom is -0.306 e. The Kier molecular flexibility index (Phi) is 7.68. The summed E-state index contributed by atoms with van der Waals surface area (Å²) in [5, 5.41) is 0.368. The number of carbonyl (C=O) groups is 1. The SMILES string of the molecule is Cc1cccc(CN(C(=O)C2CC2c2ccccc2)c2ccc3c(c2)C(NS(=O)(=O)c2cccc(Cl)c2)CCC3)n1. The highest BCUT2D eigenvalue weighted by Gasteiger charge is 2.46. The standard InChI is InChI=1S/C33H32ClN3O3S/c1-22-8-5-13-26(35-22)21-37(33(38)31-20-29(31)23-9-3-2-4-10-23)27-17-16-24-11-6-15-32(30(24)19-27)36-41(39,40)28-14-7-12-25(34)18-28/h2-5,7-10,12-14,16-19,29,31-32,36H,6,11,15,20-21H2,1H3. The van der Waals surface area contributed by atoms with Gasteiger partial charge in [0.05, 0.1) is 17.1 Å². The van der Waals surface area contributed by atoms with Gasteiger partial charge in [0, 0.05) is 28.4 Å². The summed E-state index contributed by atoms with van der Waals surface area (Å²) in [6.45, 7) is 2.29. The van der Waals surface area contributed by atoms with E-state index in [1.165, 1.54) is 11.6 Å². The molecule has 1 amide bonds. The van der Waals surface area contributed by atoms with E-state index in [1.54, 1.807) is 18.2 Å². The number of fused-ring (bicyclic) bond motifs is 1. The van der Waals surface area contributed by atoms with Crippen molar-refractivity contribution in [2.24, 2.45) is 5.92 Å². The maximum Gasteiger partial charge on any atom is 0.241 e. The molecule has 6 nitrogen and oxygen atoms in total. The number of nitrogens with zero attached hydrogens (tertiary/aromatic N) is 2. The molecular weight excluding hydrogens is 554 g/mol. The number of aromatic nitrogens is 1. The molecule has 1 saturated carbocycles. The molecule has 210 valence electrons. The molecule has 3 aromatic carbocycles. The second-order valence-electron chi connectivity index (χ2n) is 11.0. The van der Waals surface area contributed by atoms with Crippen LogP contribution in [0.3, 0.4) is 0 Å². The van der Waals surface area contributed by atoms with E-state index in [0.29, 0.717) is 18.0 Å². The number of benzene rings is 3. The lowest BCUT2D eigenvalue weighted by molar-refractivity contribution is -0.120. The molecule has 0 spiro atoms. The Hall–Kier alpha value is -3.52. The lowest BCUT2D eigenvalue weighted by Crippen LogP contribution is -2.34. The van der Waals surface area contributed by atoms with E-state index >= 15 is 0 Å². The number of halogens is 1. The van der Waals surface area contributed by atoms with Crippen LogP contribution in [-0.4, -0.2) is 19.3 Å². The summed E-state index contributed by atoms with van der Waals surface area (Å²) < 4.78 is 29.5. The Bertz CT molecular complexity index is 1690. The molecule has 41 heavy (non-hydrogen) atoms. The molecule has 1 N–H and O–H groups in total. The Morgan fingerprint density at radius 2 is 1.80 bits per heavy atom. The fourth-order valence-corrected chi connectivity index (χ4v) is 7.40. The predicted octanol–water partition coefficient (Wildman–Crippen LogP) is 6.74. The molecule has 1 fully saturated rings. The van der Waals surface area contributed by atoms with Crippen LogP contribution in [0, 0.1) is 12.8 Å². The fraction of sp³-hybridized carbons (Fsp3) is 0.273. The zero-order valence-corrected chi connectivity index (χ0v) is 24.4. The van der Waals surface area contributed by atoms with Crippen LogP contribution < -0.4 is 9.62 Å². The first-order chi connectivity index (χ1) is 19.8. The van der Waals surface area contributed by atoms with Gasteiger partial charge in [0.15, 0.2) is 0 Å². The highest BCUT2D eigenvalue weighted by Crippen LogP contribution is 2.49. The van der Waals surface area contributed by atoms with Gasteiger partial charge in [-0.15, -0.1) is 0 Å². The maximum absolute atomic E-state index is 14.0. The normalized spacial score (nSPS) is 19.8. The van der Waals surface area contributed by atoms with Crippen molar-refractivity contribution in [1.82, 2.24) is 9.71 Å². The first kappa shape index (κ1) is 27.6. The summed E-state index contributed by atoms with van der Waals surface area (Å²) in [6.07, 6.45) is 3.21. The van der Waals surface area contributed by atoms with Crippen molar-refractivity contribution < 1.29 is 13.2 Å². The Morgan fingerprint density at radius 1 is 1.00 bits per heavy atom. The Balaban J connectivity index is 1.32. The van der Waals surface area contributed by atoms with Gasteiger partial charge in [0.1, 0.15) is 0 Å². The topological polar surface area (TPSA) is 79.4 Å². The van der Waals surface area contributed by atoms with E-state index in [4.69, 9.17) is 11.6 Å². The Labute approximate surface area is 246 Å². The third-order valence-electron chi connectivity index (χ3n) is 8.03. The van der Waals surface area contributed by atoms with Crippen LogP contribution in [0.4, 0.5) is 5.69 Å². The van der Waals surface area contributed by atoms with Gasteiger partial charge in [-0.3, -0.25) is 9.78 Å². The third kappa shape index (κ3) is 6.08. The van der Waals surface area contributed by atoms with Crippen LogP contribution in [0.2, 0.25) is 5.02 Å². The highest BCUT2D eigenvalue weighted by molar-refractivity contribution is 7.89. The largest absolute Gasteiger partial charge is 0.306 e. The van der Waals surface area contributed by atoms with Crippen LogP contribution in [0.15, 0.2) is 95.9 Å². The van der Waals surface area contributed by atoms with Crippen molar-refractivity contribution in [1.29, 1.82) is 0 Å². The van der Waals surface area contributed by atoms with Crippen LogP contribution >= 0.6 is 11.6 Å². The highest BCUT2D eigenvalue weighted by atomic mass is 35.5. The first-order valence-electron chi connectivity index (χ1n) is 14.0. The van der Waals surface area contributed by atoms with Crippen molar-refractivity contribution in [3.8, 4) is 0 Å². The van der Waals surface area contributed by atoms with Crippen molar-refractivity contribution in [3.63, 3.8) is 0 Å². The number of sulfonamides is 1. The maximum atomic E-state index is 14.0. The monoisotopic (exact) mass is 585 g/mol. The number of rotatable bonds is 8. The van der Waals surface area contributed by atoms with E-state index < -0.39 is 16.1 Å². The molecule has 0 saturated heterocycles. The number of pyridine rings is 1. The van der Waals surface area contributed by atoms with Crippen molar-refractivity contribution in [3.05, 3.63) is 124 Å². The van der Waals surface area contributed by atoms with Gasteiger partial charge in [0.2, 0.25) is 15.9 Å². The lowest BCUT2D eigenvalue weighted by Gasteiger charge is -2.29. The number of hydrogen-bond donors (Lipinski definition) is 1. The quantitative estimate of drug-likeness (QED) is 0.248. The smallest absolute Gasteiger partial charge is 0.241 e. The number of aryl methyl sites for hydroxylation is 2. The summed E-state index contributed by atoms with van der Waals surface area (Å²) >= 11 is 6.08. The summed E-state index contributed by atoms with van der Waals surface area (Å²) in [6, 6.07) is 27.9. The average Bonchev–Trinajstić information content (AvgIpc) is 3.77. The van der Waals surface area contributed by atoms with Crippen molar-refractivity contribution in [2.75, 3.05) is 4.90 Å². The molecule has 1 aromatic heterocycles. The number of amides is 1. The van der Waals surface area contributed by atoms with Crippen LogP contribution in [0.1, 0.15) is 59.3 Å². The Morgan fingerprint density at radius 3 is 2.59 bits per heavy atom. The van der Waals surface area contributed by atoms with Gasteiger partial charge < -0.3 is 4.90 Å². The molecule has 0 bridgehead atoms. The molecule has 0 aliphatic heterocycles. The van der Waals surface area contributed by atoms with E-state index in [9.17, 15) is 13.2 Å². The first-order valence-corrected chi connectivity index (χ1v) is 15.8. The van der Waals surface area contributed by atoms with Gasteiger partial charge in [-0.25, -0.2) is 13.1 Å². The van der Waals surface area contributed by atoms with Gasteiger partial charge in [-0.1, -0.05) is 60.1 Å². The number of anilines is 1. The molecular formula is C33H32ClN3O3S. The fourth-order valence-electron chi connectivity index (χ4n) is 5.85. The summed E-state index contributed by atoms with van der Waals surface area (Å²) in [5.74, 6) is 0.163. The minimum absolute atomic E-state index is 0.0639. The van der Waals surface area contributed by atoms with E-state index in [1.807, 2.05) is 66.4 Å². The molecule has 8 heteroatoms. The molecule has 1 heterocycles. The summed E-state index contributed by atoms with van der Waals surface area (Å²) in [7, 11) is -3.79. The van der Waals surface area contributed by atoms with Crippen molar-refractivity contribution in [2.45, 2.75) is 56.0 Å². The van der Waals surface area contributed by atoms with E-state index in [2.05, 4.69) is 21.8 Å². The number of hydrogen-bond acceptors (Lipinski definition) is 4. The number of nitrogens with one attached hydrogen (secondary N) is 1. The van der Waals surface area contributed by atoms with Gasteiger partial charge >= 0.3 is 0 Å². The van der Waals surface area contributed by atoms with Gasteiger partial charge in [-0.05, 0) is 97.7 Å². The van der Waals surface area contributed by atoms with Gasteiger partial charge in [-0.2, -0.15) is 0 Å². The molecule has 2 aliphatic rings. The molecule has 2 aliphatic carbocycles. The third-order valence-corrected chi connectivity index (χ3v) is 9.73. The lowest BCUT2D eigenvalue weighted by atomic mass is 9.87. The molecule has 0 radical (unpaired) electrons. The zero-order chi connectivity index (χ0) is 28.6. The van der Waals surface area contributed by atoms with E-state index in [0.717, 1.165) is 47.5 Å². The second-order valence-corrected chi connectivity index (χ2v) is 13.1. The molecule has 3 unspecified atom stereocenters. The minimum atomic E-state index is -3.79. The predicted molar refractivity (Wildman–Crippen MR) is 161 cm³/mol. The number of carbonyl (C=O) groups excluding carboxylic acids is 1. The summed E-state index contributed by atoms with van der Waals surface area (Å²) in [4.78, 5) is 20.7. The van der Waals surface area contributed by atoms with Crippen molar-refractivity contribution >= 4 is 33.2 Å². The molecule has 3 atom stereocenters. The zero-order valence-electron chi connectivity index (χ0n) is 22.8. The van der Waals surface area contributed by atoms with Crippen LogP contribution in [0.25, 0.3) is 0 Å². The van der Waals surface area contributed by atoms with Crippen LogP contribution in [0.5, 0.6) is 0 Å². The van der Waals surface area contributed by atoms with E-state index in [-0.39, 0.29) is 22.6 Å². The average molecular weight is 586 g/mol. The molecule has 4 aromatic rings. The van der Waals surface area contributed by atoms with Crippen LogP contribution in [-0.2, 0) is 27.8 Å².